The lowest BCUT2D eigenvalue weighted by Gasteiger charge is -2.21. The van der Waals surface area contributed by atoms with Gasteiger partial charge in [-0.1, -0.05) is 35.9 Å². The Morgan fingerprint density at radius 2 is 1.89 bits per heavy atom. The van der Waals surface area contributed by atoms with Crippen molar-refractivity contribution in [2.24, 2.45) is 0 Å². The monoisotopic (exact) mass is 378 g/mol. The van der Waals surface area contributed by atoms with Crippen molar-refractivity contribution < 1.29 is 9.53 Å². The fourth-order valence-corrected chi connectivity index (χ4v) is 3.64. The zero-order chi connectivity index (χ0) is 18.6. The van der Waals surface area contributed by atoms with Crippen LogP contribution in [-0.4, -0.2) is 21.8 Å². The highest BCUT2D eigenvalue weighted by atomic mass is 32.1. The number of ether oxygens (including phenoxy) is 1. The Kier molecular flexibility index (Phi) is 5.21. The fourth-order valence-electron chi connectivity index (χ4n) is 2.94. The molecule has 4 rings (SSSR count). The minimum atomic E-state index is 0.0866. The van der Waals surface area contributed by atoms with Crippen LogP contribution in [0.2, 0.25) is 0 Å². The van der Waals surface area contributed by atoms with Crippen molar-refractivity contribution in [3.8, 4) is 5.75 Å². The predicted molar refractivity (Wildman–Crippen MR) is 107 cm³/mol. The molecule has 0 N–H and O–H groups in total. The van der Waals surface area contributed by atoms with E-state index in [2.05, 4.69) is 11.9 Å². The van der Waals surface area contributed by atoms with Gasteiger partial charge in [0, 0.05) is 17.0 Å². The predicted octanol–water partition coefficient (Wildman–Crippen LogP) is 4.84. The molecule has 4 nitrogen and oxygen atoms in total. The largest absolute Gasteiger partial charge is 0.486 e. The number of aromatic nitrogens is 1. The third kappa shape index (κ3) is 4.55. The average Bonchev–Trinajstić information content (AvgIpc) is 3.45. The van der Waals surface area contributed by atoms with Gasteiger partial charge in [0.05, 0.1) is 12.2 Å². The van der Waals surface area contributed by atoms with Gasteiger partial charge in [0.15, 0.2) is 0 Å². The molecule has 1 amide bonds. The van der Waals surface area contributed by atoms with Crippen LogP contribution in [0.3, 0.4) is 0 Å². The van der Waals surface area contributed by atoms with Gasteiger partial charge >= 0.3 is 0 Å². The Morgan fingerprint density at radius 3 is 2.59 bits per heavy atom. The smallest absolute Gasteiger partial charge is 0.254 e. The van der Waals surface area contributed by atoms with Crippen molar-refractivity contribution in [3.63, 3.8) is 0 Å². The standard InChI is InChI=1S/C22H22N2O2S/c1-16-7-11-20(12-8-16)26-14-21-23-18(15-27-21)13-24(19-9-10-19)22(25)17-5-3-2-4-6-17/h2-8,11-12,15,19H,9-10,13-14H2,1H3. The molecule has 2 aromatic carbocycles. The molecule has 5 heteroatoms. The fraction of sp³-hybridized carbons (Fsp3) is 0.273. The summed E-state index contributed by atoms with van der Waals surface area (Å²) in [4.78, 5) is 19.5. The second kappa shape index (κ2) is 7.92. The molecule has 1 aliphatic rings. The third-order valence-corrected chi connectivity index (χ3v) is 5.46. The van der Waals surface area contributed by atoms with Gasteiger partial charge in [-0.3, -0.25) is 4.79 Å². The maximum absolute atomic E-state index is 12.9. The number of rotatable bonds is 7. The van der Waals surface area contributed by atoms with Gasteiger partial charge in [0.2, 0.25) is 0 Å². The summed E-state index contributed by atoms with van der Waals surface area (Å²) in [7, 11) is 0. The summed E-state index contributed by atoms with van der Waals surface area (Å²) in [5.41, 5.74) is 2.88. The Labute approximate surface area is 163 Å². The molecule has 27 heavy (non-hydrogen) atoms. The molecule has 0 atom stereocenters. The second-order valence-corrected chi connectivity index (χ2v) is 7.81. The van der Waals surface area contributed by atoms with E-state index >= 15 is 0 Å². The maximum atomic E-state index is 12.9. The minimum absolute atomic E-state index is 0.0866. The maximum Gasteiger partial charge on any atom is 0.254 e. The van der Waals surface area contributed by atoms with E-state index in [0.29, 0.717) is 19.2 Å². The van der Waals surface area contributed by atoms with Crippen molar-refractivity contribution in [3.05, 3.63) is 81.8 Å². The van der Waals surface area contributed by atoms with Crippen LogP contribution >= 0.6 is 11.3 Å². The molecule has 0 spiro atoms. The lowest BCUT2D eigenvalue weighted by Crippen LogP contribution is -2.32. The molecule has 138 valence electrons. The van der Waals surface area contributed by atoms with E-state index in [1.807, 2.05) is 64.9 Å². The molecule has 0 unspecified atom stereocenters. The van der Waals surface area contributed by atoms with Gasteiger partial charge in [-0.05, 0) is 44.0 Å². The molecular weight excluding hydrogens is 356 g/mol. The molecule has 1 saturated carbocycles. The number of aryl methyl sites for hydroxylation is 1. The van der Waals surface area contributed by atoms with Gasteiger partial charge < -0.3 is 9.64 Å². The molecule has 0 radical (unpaired) electrons. The van der Waals surface area contributed by atoms with Gasteiger partial charge in [0.1, 0.15) is 17.4 Å². The molecule has 0 aliphatic heterocycles. The molecule has 0 saturated heterocycles. The van der Waals surface area contributed by atoms with E-state index < -0.39 is 0 Å². The zero-order valence-electron chi connectivity index (χ0n) is 15.3. The van der Waals surface area contributed by atoms with Crippen LogP contribution in [0, 0.1) is 6.92 Å². The van der Waals surface area contributed by atoms with Crippen LogP contribution in [0.25, 0.3) is 0 Å². The number of thiazole rings is 1. The number of carbonyl (C=O) groups excluding carboxylic acids is 1. The number of nitrogens with zero attached hydrogens (tertiary/aromatic N) is 2. The van der Waals surface area contributed by atoms with E-state index in [0.717, 1.165) is 34.9 Å². The normalized spacial score (nSPS) is 13.4. The summed E-state index contributed by atoms with van der Waals surface area (Å²) in [6.45, 7) is 3.06. The number of hydrogen-bond donors (Lipinski definition) is 0. The Balaban J connectivity index is 1.39. The highest BCUT2D eigenvalue weighted by Crippen LogP contribution is 2.30. The topological polar surface area (TPSA) is 42.4 Å². The van der Waals surface area contributed by atoms with Crippen molar-refractivity contribution >= 4 is 17.2 Å². The minimum Gasteiger partial charge on any atom is -0.486 e. The molecule has 1 aliphatic carbocycles. The molecule has 1 aromatic heterocycles. The van der Waals surface area contributed by atoms with Crippen LogP contribution in [0.4, 0.5) is 0 Å². The number of amides is 1. The molecular formula is C22H22N2O2S. The lowest BCUT2D eigenvalue weighted by atomic mass is 10.2. The van der Waals surface area contributed by atoms with Crippen LogP contribution in [-0.2, 0) is 13.2 Å². The van der Waals surface area contributed by atoms with E-state index in [1.165, 1.54) is 5.56 Å². The number of benzene rings is 2. The van der Waals surface area contributed by atoms with Crippen LogP contribution < -0.4 is 4.74 Å². The van der Waals surface area contributed by atoms with Crippen molar-refractivity contribution in [2.75, 3.05) is 0 Å². The molecule has 1 fully saturated rings. The summed E-state index contributed by atoms with van der Waals surface area (Å²) in [6.07, 6.45) is 2.15. The van der Waals surface area contributed by atoms with Gasteiger partial charge in [0.25, 0.3) is 5.91 Å². The molecule has 0 bridgehead atoms. The lowest BCUT2D eigenvalue weighted by molar-refractivity contribution is 0.0728. The zero-order valence-corrected chi connectivity index (χ0v) is 16.1. The first-order valence-electron chi connectivity index (χ1n) is 9.18. The first-order valence-corrected chi connectivity index (χ1v) is 10.1. The van der Waals surface area contributed by atoms with Crippen LogP contribution in [0.15, 0.2) is 60.0 Å². The van der Waals surface area contributed by atoms with E-state index in [1.54, 1.807) is 11.3 Å². The molecule has 3 aromatic rings. The highest BCUT2D eigenvalue weighted by Gasteiger charge is 2.33. The van der Waals surface area contributed by atoms with Gasteiger partial charge in [-0.25, -0.2) is 4.98 Å². The first-order chi connectivity index (χ1) is 13.2. The first kappa shape index (κ1) is 17.7. The Hall–Kier alpha value is -2.66. The Bertz CT molecular complexity index is 902. The number of hydrogen-bond acceptors (Lipinski definition) is 4. The van der Waals surface area contributed by atoms with Gasteiger partial charge in [-0.15, -0.1) is 11.3 Å². The van der Waals surface area contributed by atoms with Gasteiger partial charge in [-0.2, -0.15) is 0 Å². The van der Waals surface area contributed by atoms with E-state index in [9.17, 15) is 4.79 Å². The summed E-state index contributed by atoms with van der Waals surface area (Å²) in [6, 6.07) is 17.8. The molecule has 1 heterocycles. The summed E-state index contributed by atoms with van der Waals surface area (Å²) in [5, 5.41) is 2.95. The van der Waals surface area contributed by atoms with E-state index in [4.69, 9.17) is 4.74 Å². The van der Waals surface area contributed by atoms with Crippen molar-refractivity contribution in [1.29, 1.82) is 0 Å². The number of carbonyl (C=O) groups is 1. The SMILES string of the molecule is Cc1ccc(OCc2nc(CN(C(=O)c3ccccc3)C3CC3)cs2)cc1. The van der Waals surface area contributed by atoms with Crippen molar-refractivity contribution in [2.45, 2.75) is 39.0 Å². The second-order valence-electron chi connectivity index (χ2n) is 6.86. The third-order valence-electron chi connectivity index (χ3n) is 4.58. The quantitative estimate of drug-likeness (QED) is 0.591. The highest BCUT2D eigenvalue weighted by molar-refractivity contribution is 7.09. The van der Waals surface area contributed by atoms with Crippen molar-refractivity contribution in [1.82, 2.24) is 9.88 Å². The van der Waals surface area contributed by atoms with Crippen LogP contribution in [0.1, 0.15) is 39.5 Å². The summed E-state index contributed by atoms with van der Waals surface area (Å²) >= 11 is 1.58. The van der Waals surface area contributed by atoms with E-state index in [-0.39, 0.29) is 5.91 Å². The summed E-state index contributed by atoms with van der Waals surface area (Å²) in [5.74, 6) is 0.930. The average molecular weight is 378 g/mol. The van der Waals surface area contributed by atoms with Crippen LogP contribution in [0.5, 0.6) is 5.75 Å². The Morgan fingerprint density at radius 1 is 1.15 bits per heavy atom. The summed E-state index contributed by atoms with van der Waals surface area (Å²) < 4.78 is 5.81.